The van der Waals surface area contributed by atoms with E-state index in [9.17, 15) is 4.79 Å². The van der Waals surface area contributed by atoms with Gasteiger partial charge in [0.1, 0.15) is 12.3 Å². The van der Waals surface area contributed by atoms with Crippen LogP contribution in [0.1, 0.15) is 44.2 Å². The number of carbonyl (C=O) groups excluding carboxylic acids is 1. The third-order valence-electron chi connectivity index (χ3n) is 5.70. The number of rotatable bonds is 5. The van der Waals surface area contributed by atoms with Gasteiger partial charge in [0.25, 0.3) is 0 Å². The predicted octanol–water partition coefficient (Wildman–Crippen LogP) is 4.21. The van der Waals surface area contributed by atoms with Crippen LogP contribution in [0.4, 0.5) is 0 Å². The second-order valence-electron chi connectivity index (χ2n) is 8.00. The molecule has 7 heteroatoms. The first-order valence-electron chi connectivity index (χ1n) is 10.5. The van der Waals surface area contributed by atoms with Gasteiger partial charge in [-0.15, -0.1) is 0 Å². The maximum Gasteiger partial charge on any atom is 0.226 e. The van der Waals surface area contributed by atoms with Crippen molar-refractivity contribution in [1.82, 2.24) is 14.7 Å². The van der Waals surface area contributed by atoms with Crippen LogP contribution in [0.3, 0.4) is 0 Å². The van der Waals surface area contributed by atoms with Crippen LogP contribution in [-0.4, -0.2) is 39.8 Å². The summed E-state index contributed by atoms with van der Waals surface area (Å²) in [6.07, 6.45) is 8.12. The fourth-order valence-corrected chi connectivity index (χ4v) is 4.45. The Bertz CT molecular complexity index is 846. The molecule has 0 bridgehead atoms. The topological polar surface area (TPSA) is 56.6 Å². The van der Waals surface area contributed by atoms with Crippen molar-refractivity contribution >= 4 is 17.5 Å². The summed E-state index contributed by atoms with van der Waals surface area (Å²) < 4.78 is 13.7. The van der Waals surface area contributed by atoms with Crippen molar-refractivity contribution in [1.29, 1.82) is 0 Å². The zero-order valence-corrected chi connectivity index (χ0v) is 17.6. The van der Waals surface area contributed by atoms with E-state index in [4.69, 9.17) is 21.1 Å². The molecule has 4 rings (SSSR count). The van der Waals surface area contributed by atoms with Gasteiger partial charge in [-0.05, 0) is 25.0 Å². The summed E-state index contributed by atoms with van der Waals surface area (Å²) >= 11 is 6.34. The maximum atomic E-state index is 13.4. The van der Waals surface area contributed by atoms with Gasteiger partial charge in [-0.2, -0.15) is 5.10 Å². The van der Waals surface area contributed by atoms with Crippen LogP contribution in [-0.2, 0) is 18.4 Å². The molecule has 29 heavy (non-hydrogen) atoms. The molecule has 1 amide bonds. The Morgan fingerprint density at radius 3 is 2.62 bits per heavy atom. The van der Waals surface area contributed by atoms with E-state index < -0.39 is 0 Å². The van der Waals surface area contributed by atoms with Crippen LogP contribution in [0.5, 0.6) is 11.5 Å². The van der Waals surface area contributed by atoms with E-state index >= 15 is 0 Å². The first kappa shape index (κ1) is 20.1. The number of aromatic nitrogens is 2. The number of fused-ring (bicyclic) bond motifs is 1. The van der Waals surface area contributed by atoms with E-state index in [-0.39, 0.29) is 17.9 Å². The normalized spacial score (nSPS) is 19.6. The monoisotopic (exact) mass is 417 g/mol. The van der Waals surface area contributed by atoms with Gasteiger partial charge in [0.2, 0.25) is 5.91 Å². The average molecular weight is 418 g/mol. The molecule has 0 unspecified atom stereocenters. The molecule has 2 heterocycles. The van der Waals surface area contributed by atoms with Crippen molar-refractivity contribution in [3.8, 4) is 11.5 Å². The molecule has 156 valence electrons. The van der Waals surface area contributed by atoms with Crippen molar-refractivity contribution in [3.05, 3.63) is 41.2 Å². The summed E-state index contributed by atoms with van der Waals surface area (Å²) in [7, 11) is 1.84. The van der Waals surface area contributed by atoms with E-state index in [0.717, 1.165) is 37.2 Å². The van der Waals surface area contributed by atoms with Gasteiger partial charge in [0.15, 0.2) is 17.6 Å². The van der Waals surface area contributed by atoms with Crippen molar-refractivity contribution in [2.75, 3.05) is 13.2 Å². The number of para-hydroxylation sites is 2. The smallest absolute Gasteiger partial charge is 0.226 e. The number of carbonyl (C=O) groups is 1. The van der Waals surface area contributed by atoms with Crippen LogP contribution < -0.4 is 9.47 Å². The van der Waals surface area contributed by atoms with Gasteiger partial charge in [0.05, 0.1) is 18.1 Å². The van der Waals surface area contributed by atoms with Gasteiger partial charge in [0, 0.05) is 19.2 Å². The van der Waals surface area contributed by atoms with Crippen LogP contribution in [0.25, 0.3) is 0 Å². The summed E-state index contributed by atoms with van der Waals surface area (Å²) in [4.78, 5) is 15.3. The number of hydrogen-bond acceptors (Lipinski definition) is 4. The Morgan fingerprint density at radius 2 is 1.93 bits per heavy atom. The molecule has 0 N–H and O–H groups in total. The number of amides is 1. The minimum Gasteiger partial charge on any atom is -0.486 e. The second-order valence-corrected chi connectivity index (χ2v) is 8.41. The van der Waals surface area contributed by atoms with Gasteiger partial charge in [-0.1, -0.05) is 49.4 Å². The number of ether oxygens (including phenoxy) is 2. The van der Waals surface area contributed by atoms with Crippen LogP contribution in [0.15, 0.2) is 30.5 Å². The first-order valence-corrected chi connectivity index (χ1v) is 10.8. The number of aryl methyl sites for hydroxylation is 1. The molecule has 0 saturated heterocycles. The summed E-state index contributed by atoms with van der Waals surface area (Å²) in [5.41, 5.74) is 0.716. The molecular weight excluding hydrogens is 390 g/mol. The van der Waals surface area contributed by atoms with Crippen molar-refractivity contribution < 1.29 is 14.3 Å². The molecule has 1 fully saturated rings. The lowest BCUT2D eigenvalue weighted by Gasteiger charge is -2.33. The number of nitrogens with zero attached hydrogens (tertiary/aromatic N) is 3. The highest BCUT2D eigenvalue weighted by Crippen LogP contribution is 2.32. The Kier molecular flexibility index (Phi) is 6.28. The van der Waals surface area contributed by atoms with Crippen LogP contribution in [0, 0.1) is 5.92 Å². The molecule has 0 radical (unpaired) electrons. The van der Waals surface area contributed by atoms with Crippen molar-refractivity contribution in [2.24, 2.45) is 13.0 Å². The van der Waals surface area contributed by atoms with Crippen molar-refractivity contribution in [3.63, 3.8) is 0 Å². The standard InChI is InChI=1S/C22H28ClN3O3/c1-25-13-18(23)19(24-25)14-26(22(27)16-8-4-2-3-5-9-16)12-17-15-28-20-10-6-7-11-21(20)29-17/h6-7,10-11,13,16-17H,2-5,8-9,12,14-15H2,1H3/t17-/m0/s1. The maximum absolute atomic E-state index is 13.4. The fourth-order valence-electron chi connectivity index (χ4n) is 4.21. The Hall–Kier alpha value is -2.21. The molecule has 2 aliphatic rings. The van der Waals surface area contributed by atoms with E-state index in [1.165, 1.54) is 12.8 Å². The largest absolute Gasteiger partial charge is 0.486 e. The molecule has 1 aromatic carbocycles. The molecule has 0 spiro atoms. The lowest BCUT2D eigenvalue weighted by atomic mass is 9.98. The van der Waals surface area contributed by atoms with Gasteiger partial charge in [-0.3, -0.25) is 9.48 Å². The van der Waals surface area contributed by atoms with E-state index in [2.05, 4.69) is 5.10 Å². The van der Waals surface area contributed by atoms with E-state index in [1.807, 2.05) is 36.2 Å². The Morgan fingerprint density at radius 1 is 1.21 bits per heavy atom. The number of benzene rings is 1. The van der Waals surface area contributed by atoms with E-state index in [0.29, 0.717) is 30.4 Å². The third kappa shape index (κ3) is 4.86. The van der Waals surface area contributed by atoms with Crippen LogP contribution >= 0.6 is 11.6 Å². The minimum atomic E-state index is -0.220. The highest BCUT2D eigenvalue weighted by atomic mass is 35.5. The Balaban J connectivity index is 1.51. The highest BCUT2D eigenvalue weighted by Gasteiger charge is 2.30. The molecule has 1 aliphatic carbocycles. The minimum absolute atomic E-state index is 0.0665. The number of halogens is 1. The summed E-state index contributed by atoms with van der Waals surface area (Å²) in [6.45, 7) is 1.26. The predicted molar refractivity (Wildman–Crippen MR) is 111 cm³/mol. The summed E-state index contributed by atoms with van der Waals surface area (Å²) in [5, 5.41) is 5.02. The highest BCUT2D eigenvalue weighted by molar-refractivity contribution is 6.31. The quantitative estimate of drug-likeness (QED) is 0.684. The molecule has 1 saturated carbocycles. The lowest BCUT2D eigenvalue weighted by molar-refractivity contribution is -0.138. The zero-order valence-electron chi connectivity index (χ0n) is 16.8. The zero-order chi connectivity index (χ0) is 20.2. The van der Waals surface area contributed by atoms with Gasteiger partial charge >= 0.3 is 0 Å². The molecular formula is C22H28ClN3O3. The fraction of sp³-hybridized carbons (Fsp3) is 0.545. The summed E-state index contributed by atoms with van der Waals surface area (Å²) in [5.74, 6) is 1.72. The first-order chi connectivity index (χ1) is 14.1. The number of hydrogen-bond donors (Lipinski definition) is 0. The average Bonchev–Trinajstić information content (AvgIpc) is 2.91. The van der Waals surface area contributed by atoms with Gasteiger partial charge in [-0.25, -0.2) is 0 Å². The SMILES string of the molecule is Cn1cc(Cl)c(CN(C[C@H]2COc3ccccc3O2)C(=O)C2CCCCCC2)n1. The lowest BCUT2D eigenvalue weighted by Crippen LogP contribution is -2.45. The molecule has 1 atom stereocenters. The Labute approximate surface area is 176 Å². The molecule has 1 aliphatic heterocycles. The third-order valence-corrected chi connectivity index (χ3v) is 6.02. The second kappa shape index (κ2) is 9.08. The summed E-state index contributed by atoms with van der Waals surface area (Å²) in [6, 6.07) is 7.64. The van der Waals surface area contributed by atoms with Crippen molar-refractivity contribution in [2.45, 2.75) is 51.2 Å². The van der Waals surface area contributed by atoms with E-state index in [1.54, 1.807) is 10.9 Å². The molecule has 1 aromatic heterocycles. The van der Waals surface area contributed by atoms with Crippen LogP contribution in [0.2, 0.25) is 5.02 Å². The molecule has 6 nitrogen and oxygen atoms in total. The molecule has 2 aromatic rings. The van der Waals surface area contributed by atoms with Gasteiger partial charge < -0.3 is 14.4 Å².